The highest BCUT2D eigenvalue weighted by molar-refractivity contribution is 6.31. The largest absolute Gasteiger partial charge is 0.327 e. The van der Waals surface area contributed by atoms with Crippen molar-refractivity contribution in [2.75, 3.05) is 0 Å². The normalized spacial score (nSPS) is 32.1. The summed E-state index contributed by atoms with van der Waals surface area (Å²) in [4.78, 5) is 0. The first-order chi connectivity index (χ1) is 8.56. The summed E-state index contributed by atoms with van der Waals surface area (Å²) < 4.78 is 1.89. The molecule has 2 bridgehead atoms. The molecular formula is C14H22ClN3. The molecule has 1 heterocycles. The highest BCUT2D eigenvalue weighted by Crippen LogP contribution is 2.49. The van der Waals surface area contributed by atoms with Gasteiger partial charge in [0.2, 0.25) is 0 Å². The van der Waals surface area contributed by atoms with Gasteiger partial charge in [-0.3, -0.25) is 4.68 Å². The summed E-state index contributed by atoms with van der Waals surface area (Å²) in [5, 5.41) is 5.17. The highest BCUT2D eigenvalue weighted by Gasteiger charge is 2.42. The van der Waals surface area contributed by atoms with Gasteiger partial charge in [0.25, 0.3) is 0 Å². The van der Waals surface area contributed by atoms with E-state index in [2.05, 4.69) is 5.10 Å². The molecule has 2 aliphatic rings. The van der Waals surface area contributed by atoms with Crippen molar-refractivity contribution in [1.29, 1.82) is 0 Å². The maximum Gasteiger partial charge on any atom is 0.0847 e. The number of fused-ring (bicyclic) bond motifs is 2. The second-order valence-electron chi connectivity index (χ2n) is 6.18. The summed E-state index contributed by atoms with van der Waals surface area (Å²) in [6.07, 6.45) is 6.43. The zero-order chi connectivity index (χ0) is 12.9. The quantitative estimate of drug-likeness (QED) is 0.915. The van der Waals surface area contributed by atoms with Crippen LogP contribution >= 0.6 is 11.6 Å². The molecule has 3 nitrogen and oxygen atoms in total. The van der Waals surface area contributed by atoms with E-state index in [-0.39, 0.29) is 6.04 Å². The van der Waals surface area contributed by atoms with Gasteiger partial charge in [0.15, 0.2) is 0 Å². The summed E-state index contributed by atoms with van der Waals surface area (Å²) in [7, 11) is 1.96. The molecule has 4 atom stereocenters. The van der Waals surface area contributed by atoms with Crippen LogP contribution in [0, 0.1) is 24.7 Å². The van der Waals surface area contributed by atoms with Crippen LogP contribution in [0.1, 0.15) is 37.1 Å². The van der Waals surface area contributed by atoms with Gasteiger partial charge in [0, 0.05) is 19.5 Å². The van der Waals surface area contributed by atoms with Crippen LogP contribution in [0.5, 0.6) is 0 Å². The van der Waals surface area contributed by atoms with E-state index in [4.69, 9.17) is 17.3 Å². The van der Waals surface area contributed by atoms with Gasteiger partial charge in [-0.15, -0.1) is 0 Å². The molecule has 2 aliphatic carbocycles. The van der Waals surface area contributed by atoms with Gasteiger partial charge in [-0.2, -0.15) is 5.10 Å². The predicted octanol–water partition coefficient (Wildman–Crippen LogP) is 2.69. The number of hydrogen-bond acceptors (Lipinski definition) is 2. The van der Waals surface area contributed by atoms with Crippen molar-refractivity contribution in [2.24, 2.45) is 30.5 Å². The van der Waals surface area contributed by atoms with Crippen LogP contribution in [0.3, 0.4) is 0 Å². The minimum atomic E-state index is 0.243. The molecule has 2 saturated carbocycles. The monoisotopic (exact) mass is 267 g/mol. The van der Waals surface area contributed by atoms with Crippen LogP contribution in [0.4, 0.5) is 0 Å². The lowest BCUT2D eigenvalue weighted by Gasteiger charge is -2.27. The maximum absolute atomic E-state index is 6.44. The third-order valence-corrected chi connectivity index (χ3v) is 5.53. The molecule has 18 heavy (non-hydrogen) atoms. The molecule has 0 saturated heterocycles. The Morgan fingerprint density at radius 2 is 2.22 bits per heavy atom. The average molecular weight is 268 g/mol. The van der Waals surface area contributed by atoms with Crippen molar-refractivity contribution in [3.8, 4) is 0 Å². The third-order valence-electron chi connectivity index (χ3n) is 5.03. The van der Waals surface area contributed by atoms with Crippen LogP contribution in [-0.4, -0.2) is 15.8 Å². The zero-order valence-corrected chi connectivity index (χ0v) is 12.0. The molecule has 0 spiro atoms. The standard InChI is InChI=1S/C14H22ClN3/c1-8-14(15)13(18(2)17-8)7-12(16)11-6-9-3-4-10(11)5-9/h9-12H,3-7,16H2,1-2H3. The average Bonchev–Trinajstić information content (AvgIpc) is 3.00. The second kappa shape index (κ2) is 4.53. The topological polar surface area (TPSA) is 43.8 Å². The Balaban J connectivity index is 1.72. The molecule has 4 unspecified atom stereocenters. The van der Waals surface area contributed by atoms with Gasteiger partial charge in [-0.25, -0.2) is 0 Å². The van der Waals surface area contributed by atoms with Gasteiger partial charge in [0.1, 0.15) is 0 Å². The number of hydrogen-bond donors (Lipinski definition) is 1. The van der Waals surface area contributed by atoms with E-state index in [1.165, 1.54) is 25.7 Å². The van der Waals surface area contributed by atoms with Crippen molar-refractivity contribution in [3.63, 3.8) is 0 Å². The summed E-state index contributed by atoms with van der Waals surface area (Å²) in [6, 6.07) is 0.243. The molecule has 0 aromatic carbocycles. The second-order valence-corrected chi connectivity index (χ2v) is 6.55. The number of aromatic nitrogens is 2. The SMILES string of the molecule is Cc1nn(C)c(CC(N)C2CC3CCC2C3)c1Cl. The zero-order valence-electron chi connectivity index (χ0n) is 11.2. The van der Waals surface area contributed by atoms with E-state index in [0.717, 1.165) is 34.7 Å². The Bertz CT molecular complexity index is 454. The van der Waals surface area contributed by atoms with Crippen molar-refractivity contribution in [2.45, 2.75) is 45.1 Å². The van der Waals surface area contributed by atoms with Crippen LogP contribution in [0.25, 0.3) is 0 Å². The smallest absolute Gasteiger partial charge is 0.0847 e. The third kappa shape index (κ3) is 1.97. The first kappa shape index (κ1) is 12.5. The first-order valence-electron chi connectivity index (χ1n) is 6.99. The lowest BCUT2D eigenvalue weighted by atomic mass is 9.82. The lowest BCUT2D eigenvalue weighted by Crippen LogP contribution is -2.36. The van der Waals surface area contributed by atoms with Crippen molar-refractivity contribution in [1.82, 2.24) is 9.78 Å². The van der Waals surface area contributed by atoms with Gasteiger partial charge < -0.3 is 5.73 Å². The van der Waals surface area contributed by atoms with Crippen molar-refractivity contribution in [3.05, 3.63) is 16.4 Å². The fraction of sp³-hybridized carbons (Fsp3) is 0.786. The predicted molar refractivity (Wildman–Crippen MR) is 73.6 cm³/mol. The summed E-state index contributed by atoms with van der Waals surface area (Å²) in [6.45, 7) is 1.95. The maximum atomic E-state index is 6.44. The minimum Gasteiger partial charge on any atom is -0.327 e. The molecule has 100 valence electrons. The Hall–Kier alpha value is -0.540. The Labute approximate surface area is 114 Å². The molecular weight excluding hydrogens is 246 g/mol. The highest BCUT2D eigenvalue weighted by atomic mass is 35.5. The molecule has 2 fully saturated rings. The number of nitrogens with two attached hydrogens (primary N) is 1. The number of aryl methyl sites for hydroxylation is 2. The Morgan fingerprint density at radius 1 is 1.44 bits per heavy atom. The van der Waals surface area contributed by atoms with E-state index in [9.17, 15) is 0 Å². The van der Waals surface area contributed by atoms with E-state index < -0.39 is 0 Å². The number of rotatable bonds is 3. The number of halogens is 1. The molecule has 4 heteroatoms. The molecule has 1 aromatic heterocycles. The van der Waals surface area contributed by atoms with Crippen LogP contribution in [0.2, 0.25) is 5.02 Å². The van der Waals surface area contributed by atoms with Crippen LogP contribution in [-0.2, 0) is 13.5 Å². The van der Waals surface area contributed by atoms with Gasteiger partial charge >= 0.3 is 0 Å². The summed E-state index contributed by atoms with van der Waals surface area (Å²) >= 11 is 6.30. The lowest BCUT2D eigenvalue weighted by molar-refractivity contribution is 0.278. The molecule has 1 aromatic rings. The molecule has 3 rings (SSSR count). The van der Waals surface area contributed by atoms with Gasteiger partial charge in [-0.1, -0.05) is 18.0 Å². The molecule has 0 aliphatic heterocycles. The van der Waals surface area contributed by atoms with E-state index >= 15 is 0 Å². The van der Waals surface area contributed by atoms with Crippen LogP contribution < -0.4 is 5.73 Å². The summed E-state index contributed by atoms with van der Waals surface area (Å²) in [5.74, 6) is 2.53. The number of nitrogens with zero attached hydrogens (tertiary/aromatic N) is 2. The van der Waals surface area contributed by atoms with E-state index in [1.807, 2.05) is 18.7 Å². The minimum absolute atomic E-state index is 0.243. The Morgan fingerprint density at radius 3 is 2.72 bits per heavy atom. The first-order valence-corrected chi connectivity index (χ1v) is 7.37. The molecule has 0 radical (unpaired) electrons. The molecule has 0 amide bonds. The van der Waals surface area contributed by atoms with Gasteiger partial charge in [-0.05, 0) is 43.9 Å². The van der Waals surface area contributed by atoms with Crippen molar-refractivity contribution >= 4 is 11.6 Å². The molecule has 2 N–H and O–H groups in total. The fourth-order valence-electron chi connectivity index (χ4n) is 4.09. The van der Waals surface area contributed by atoms with Crippen molar-refractivity contribution < 1.29 is 0 Å². The van der Waals surface area contributed by atoms with Gasteiger partial charge in [0.05, 0.1) is 16.4 Å². The Kier molecular flexibility index (Phi) is 3.15. The van der Waals surface area contributed by atoms with E-state index in [1.54, 1.807) is 0 Å². The van der Waals surface area contributed by atoms with Crippen LogP contribution in [0.15, 0.2) is 0 Å². The fourth-order valence-corrected chi connectivity index (χ4v) is 4.33. The van der Waals surface area contributed by atoms with E-state index in [0.29, 0.717) is 5.92 Å². The summed E-state index contributed by atoms with van der Waals surface area (Å²) in [5.41, 5.74) is 8.46.